The van der Waals surface area contributed by atoms with Gasteiger partial charge in [0, 0.05) is 24.5 Å². The summed E-state index contributed by atoms with van der Waals surface area (Å²) in [5, 5.41) is 9.86. The zero-order valence-corrected chi connectivity index (χ0v) is 14.0. The second-order valence-electron chi connectivity index (χ2n) is 5.26. The SMILES string of the molecule is CCNC(=O)c1ccc(NC(=O)c2ccnn2C(C)C)cc1Cl. The maximum atomic E-state index is 12.3. The van der Waals surface area contributed by atoms with Crippen molar-refractivity contribution < 1.29 is 9.59 Å². The van der Waals surface area contributed by atoms with Crippen molar-refractivity contribution in [2.24, 2.45) is 0 Å². The molecule has 0 fully saturated rings. The Labute approximate surface area is 139 Å². The standard InChI is InChI=1S/C16H19ClN4O2/c1-4-18-15(22)12-6-5-11(9-13(12)17)20-16(23)14-7-8-19-21(14)10(2)3/h5-10H,4H2,1-3H3,(H,18,22)(H,20,23). The van der Waals surface area contributed by atoms with Gasteiger partial charge in [-0.3, -0.25) is 14.3 Å². The van der Waals surface area contributed by atoms with Gasteiger partial charge in [0.2, 0.25) is 0 Å². The van der Waals surface area contributed by atoms with E-state index in [9.17, 15) is 9.59 Å². The Bertz CT molecular complexity index is 725. The monoisotopic (exact) mass is 334 g/mol. The van der Waals surface area contributed by atoms with Crippen LogP contribution < -0.4 is 10.6 Å². The van der Waals surface area contributed by atoms with Crippen molar-refractivity contribution in [3.63, 3.8) is 0 Å². The lowest BCUT2D eigenvalue weighted by atomic mass is 10.2. The molecule has 0 aliphatic heterocycles. The highest BCUT2D eigenvalue weighted by Gasteiger charge is 2.15. The summed E-state index contributed by atoms with van der Waals surface area (Å²) in [6.07, 6.45) is 1.58. The predicted octanol–water partition coefficient (Wildman–Crippen LogP) is 3.12. The Kier molecular flexibility index (Phi) is 5.39. The average molecular weight is 335 g/mol. The molecule has 23 heavy (non-hydrogen) atoms. The van der Waals surface area contributed by atoms with Gasteiger partial charge in [-0.2, -0.15) is 5.10 Å². The minimum Gasteiger partial charge on any atom is -0.352 e. The van der Waals surface area contributed by atoms with E-state index in [1.165, 1.54) is 0 Å². The van der Waals surface area contributed by atoms with E-state index >= 15 is 0 Å². The zero-order chi connectivity index (χ0) is 17.0. The molecule has 0 aliphatic rings. The van der Waals surface area contributed by atoms with Crippen LogP contribution in [0, 0.1) is 0 Å². The molecular weight excluding hydrogens is 316 g/mol. The van der Waals surface area contributed by atoms with Gasteiger partial charge in [-0.1, -0.05) is 11.6 Å². The fourth-order valence-electron chi connectivity index (χ4n) is 2.13. The number of carbonyl (C=O) groups excluding carboxylic acids is 2. The number of halogens is 1. The molecule has 1 aromatic heterocycles. The number of benzene rings is 1. The topological polar surface area (TPSA) is 76.0 Å². The lowest BCUT2D eigenvalue weighted by Gasteiger charge is -2.12. The fraction of sp³-hybridized carbons (Fsp3) is 0.312. The predicted molar refractivity (Wildman–Crippen MR) is 90.0 cm³/mol. The van der Waals surface area contributed by atoms with E-state index < -0.39 is 0 Å². The minimum absolute atomic E-state index is 0.0782. The van der Waals surface area contributed by atoms with Crippen LogP contribution in [0.15, 0.2) is 30.5 Å². The number of hydrogen-bond acceptors (Lipinski definition) is 3. The molecule has 0 radical (unpaired) electrons. The third-order valence-corrected chi connectivity index (χ3v) is 3.51. The highest BCUT2D eigenvalue weighted by molar-refractivity contribution is 6.34. The van der Waals surface area contributed by atoms with Crippen LogP contribution in [0.2, 0.25) is 5.02 Å². The third-order valence-electron chi connectivity index (χ3n) is 3.20. The van der Waals surface area contributed by atoms with Gasteiger partial charge in [-0.15, -0.1) is 0 Å². The summed E-state index contributed by atoms with van der Waals surface area (Å²) in [4.78, 5) is 24.1. The van der Waals surface area contributed by atoms with Gasteiger partial charge >= 0.3 is 0 Å². The van der Waals surface area contributed by atoms with Gasteiger partial charge in [-0.25, -0.2) is 0 Å². The van der Waals surface area contributed by atoms with Crippen LogP contribution in [0.3, 0.4) is 0 Å². The molecular formula is C16H19ClN4O2. The first-order valence-electron chi connectivity index (χ1n) is 7.36. The van der Waals surface area contributed by atoms with E-state index in [1.54, 1.807) is 35.1 Å². The summed E-state index contributed by atoms with van der Waals surface area (Å²) in [6, 6.07) is 6.52. The van der Waals surface area contributed by atoms with Crippen molar-refractivity contribution in [1.29, 1.82) is 0 Å². The van der Waals surface area contributed by atoms with E-state index in [-0.39, 0.29) is 22.9 Å². The van der Waals surface area contributed by atoms with Gasteiger partial charge < -0.3 is 10.6 Å². The molecule has 0 saturated carbocycles. The van der Waals surface area contributed by atoms with E-state index in [0.29, 0.717) is 23.5 Å². The maximum Gasteiger partial charge on any atom is 0.273 e. The van der Waals surface area contributed by atoms with E-state index in [2.05, 4.69) is 15.7 Å². The number of nitrogens with zero attached hydrogens (tertiary/aromatic N) is 2. The molecule has 0 saturated heterocycles. The molecule has 2 N–H and O–H groups in total. The molecule has 2 rings (SSSR count). The Morgan fingerprint density at radius 3 is 2.61 bits per heavy atom. The van der Waals surface area contributed by atoms with E-state index in [1.807, 2.05) is 20.8 Å². The number of rotatable bonds is 5. The maximum absolute atomic E-state index is 12.3. The molecule has 0 atom stereocenters. The number of hydrogen-bond donors (Lipinski definition) is 2. The van der Waals surface area contributed by atoms with Crippen LogP contribution >= 0.6 is 11.6 Å². The summed E-state index contributed by atoms with van der Waals surface area (Å²) in [5.41, 5.74) is 1.35. The number of nitrogens with one attached hydrogen (secondary N) is 2. The van der Waals surface area contributed by atoms with Crippen LogP contribution in [0.5, 0.6) is 0 Å². The first-order valence-corrected chi connectivity index (χ1v) is 7.74. The highest BCUT2D eigenvalue weighted by Crippen LogP contribution is 2.22. The summed E-state index contributed by atoms with van der Waals surface area (Å²) in [7, 11) is 0. The average Bonchev–Trinajstić information content (AvgIpc) is 2.97. The van der Waals surface area contributed by atoms with Gasteiger partial charge in [0.25, 0.3) is 11.8 Å². The summed E-state index contributed by atoms with van der Waals surface area (Å²) in [5.74, 6) is -0.522. The molecule has 0 spiro atoms. The smallest absolute Gasteiger partial charge is 0.273 e. The van der Waals surface area contributed by atoms with E-state index in [0.717, 1.165) is 0 Å². The van der Waals surface area contributed by atoms with Crippen molar-refractivity contribution >= 4 is 29.1 Å². The second kappa shape index (κ2) is 7.28. The Morgan fingerprint density at radius 1 is 1.26 bits per heavy atom. The van der Waals surface area contributed by atoms with Crippen molar-refractivity contribution in [3.05, 3.63) is 46.7 Å². The second-order valence-corrected chi connectivity index (χ2v) is 5.67. The summed E-state index contributed by atoms with van der Waals surface area (Å²) in [6.45, 7) is 6.24. The van der Waals surface area contributed by atoms with Crippen LogP contribution in [0.4, 0.5) is 5.69 Å². The van der Waals surface area contributed by atoms with E-state index in [4.69, 9.17) is 11.6 Å². The van der Waals surface area contributed by atoms with Crippen LogP contribution in [-0.2, 0) is 0 Å². The van der Waals surface area contributed by atoms with Crippen molar-refractivity contribution in [2.75, 3.05) is 11.9 Å². The Balaban J connectivity index is 2.17. The fourth-order valence-corrected chi connectivity index (χ4v) is 2.40. The molecule has 0 unspecified atom stereocenters. The Hall–Kier alpha value is -2.34. The molecule has 122 valence electrons. The number of anilines is 1. The van der Waals surface area contributed by atoms with Gasteiger partial charge in [0.15, 0.2) is 0 Å². The molecule has 6 nitrogen and oxygen atoms in total. The lowest BCUT2D eigenvalue weighted by Crippen LogP contribution is -2.23. The third kappa shape index (κ3) is 3.90. The molecule has 2 amide bonds. The lowest BCUT2D eigenvalue weighted by molar-refractivity contribution is 0.0955. The van der Waals surface area contributed by atoms with Crippen molar-refractivity contribution in [1.82, 2.24) is 15.1 Å². The van der Waals surface area contributed by atoms with Crippen LogP contribution in [0.25, 0.3) is 0 Å². The van der Waals surface area contributed by atoms with Crippen LogP contribution in [-0.4, -0.2) is 28.1 Å². The summed E-state index contributed by atoms with van der Waals surface area (Å²) < 4.78 is 1.64. The molecule has 7 heteroatoms. The zero-order valence-electron chi connectivity index (χ0n) is 13.3. The number of amides is 2. The van der Waals surface area contributed by atoms with Crippen molar-refractivity contribution in [3.8, 4) is 0 Å². The molecule has 1 aromatic carbocycles. The van der Waals surface area contributed by atoms with Crippen LogP contribution in [0.1, 0.15) is 47.7 Å². The molecule has 2 aromatic rings. The minimum atomic E-state index is -0.280. The van der Waals surface area contributed by atoms with Crippen molar-refractivity contribution in [2.45, 2.75) is 26.8 Å². The van der Waals surface area contributed by atoms with Gasteiger partial charge in [0.05, 0.1) is 10.6 Å². The highest BCUT2D eigenvalue weighted by atomic mass is 35.5. The van der Waals surface area contributed by atoms with Gasteiger partial charge in [-0.05, 0) is 45.0 Å². The molecule has 0 bridgehead atoms. The largest absolute Gasteiger partial charge is 0.352 e. The number of aromatic nitrogens is 2. The first kappa shape index (κ1) is 17.0. The number of carbonyl (C=O) groups is 2. The normalized spacial score (nSPS) is 10.7. The van der Waals surface area contributed by atoms with Gasteiger partial charge in [0.1, 0.15) is 5.69 Å². The quantitative estimate of drug-likeness (QED) is 0.882. The first-order chi connectivity index (χ1) is 10.9. The Morgan fingerprint density at radius 2 is 2.00 bits per heavy atom. The molecule has 1 heterocycles. The molecule has 0 aliphatic carbocycles. The summed E-state index contributed by atoms with van der Waals surface area (Å²) >= 11 is 6.12.